The zero-order valence-electron chi connectivity index (χ0n) is 18.9. The van der Waals surface area contributed by atoms with Crippen molar-refractivity contribution in [3.63, 3.8) is 0 Å². The molecule has 1 aromatic carbocycles. The third-order valence-electron chi connectivity index (χ3n) is 6.32. The van der Waals surface area contributed by atoms with E-state index in [1.54, 1.807) is 22.8 Å². The van der Waals surface area contributed by atoms with Crippen LogP contribution < -0.4 is 9.80 Å². The molecule has 1 amide bonds. The molecule has 2 aliphatic carbocycles. The van der Waals surface area contributed by atoms with Crippen LogP contribution >= 0.6 is 0 Å². The second kappa shape index (κ2) is 8.23. The molecule has 8 heteroatoms. The lowest BCUT2D eigenvalue weighted by atomic mass is 10.1. The molecule has 1 aromatic heterocycles. The number of nitrogens with zero attached hydrogens (tertiary/aromatic N) is 5. The van der Waals surface area contributed by atoms with Crippen molar-refractivity contribution in [2.24, 2.45) is 11.3 Å². The van der Waals surface area contributed by atoms with Crippen LogP contribution in [0.5, 0.6) is 0 Å². The van der Waals surface area contributed by atoms with Gasteiger partial charge in [0, 0.05) is 38.0 Å². The molecule has 0 atom stereocenters. The van der Waals surface area contributed by atoms with Crippen LogP contribution in [0.3, 0.4) is 0 Å². The van der Waals surface area contributed by atoms with Gasteiger partial charge in [0.05, 0.1) is 37.3 Å². The summed E-state index contributed by atoms with van der Waals surface area (Å²) in [4.78, 5) is 16.8. The van der Waals surface area contributed by atoms with E-state index in [-0.39, 0.29) is 23.3 Å². The maximum atomic E-state index is 13.2. The predicted molar refractivity (Wildman–Crippen MR) is 120 cm³/mol. The zero-order valence-corrected chi connectivity index (χ0v) is 18.9. The molecule has 0 unspecified atom stereocenters. The average Bonchev–Trinajstić information content (AvgIpc) is 3.72. The van der Waals surface area contributed by atoms with Crippen molar-refractivity contribution in [3.8, 4) is 11.8 Å². The predicted octanol–water partition coefficient (Wildman–Crippen LogP) is 2.54. The number of aromatic nitrogens is 3. The number of hydrogen-bond donors (Lipinski definition) is 0. The molecule has 2 saturated carbocycles. The van der Waals surface area contributed by atoms with Crippen LogP contribution in [0.25, 0.3) is 0 Å². The first-order chi connectivity index (χ1) is 15.4. The standard InChI is InChI=1S/C24H29N5O3/c1-27(2)20-9-8-18(7-6-17-4-5-17)12-21(20)28(3)23(30)19-13-29(26-25-19)14-22-31-15-24(10-11-24)16-32-22/h8-9,12-13,17,22H,4-5,10-11,14-16H2,1-3H3. The highest BCUT2D eigenvalue weighted by Gasteiger charge is 2.47. The lowest BCUT2D eigenvalue weighted by Crippen LogP contribution is -2.36. The summed E-state index contributed by atoms with van der Waals surface area (Å²) in [5.74, 6) is 6.82. The molecule has 1 spiro atoms. The van der Waals surface area contributed by atoms with Gasteiger partial charge in [-0.05, 0) is 43.9 Å². The van der Waals surface area contributed by atoms with Gasteiger partial charge in [0.2, 0.25) is 0 Å². The number of carbonyl (C=O) groups is 1. The summed E-state index contributed by atoms with van der Waals surface area (Å²) in [6.45, 7) is 1.87. The Labute approximate surface area is 188 Å². The lowest BCUT2D eigenvalue weighted by Gasteiger charge is -2.29. The molecule has 8 nitrogen and oxygen atoms in total. The Morgan fingerprint density at radius 1 is 1.19 bits per heavy atom. The fourth-order valence-electron chi connectivity index (χ4n) is 3.78. The van der Waals surface area contributed by atoms with E-state index in [0.717, 1.165) is 30.2 Å². The number of carbonyl (C=O) groups excluding carboxylic acids is 1. The lowest BCUT2D eigenvalue weighted by molar-refractivity contribution is -0.213. The van der Waals surface area contributed by atoms with Crippen molar-refractivity contribution >= 4 is 17.3 Å². The molecule has 0 bridgehead atoms. The van der Waals surface area contributed by atoms with Gasteiger partial charge in [-0.2, -0.15) is 0 Å². The molecule has 32 heavy (non-hydrogen) atoms. The fraction of sp³-hybridized carbons (Fsp3) is 0.542. The fourth-order valence-corrected chi connectivity index (χ4v) is 3.78. The highest BCUT2D eigenvalue weighted by Crippen LogP contribution is 2.48. The van der Waals surface area contributed by atoms with Gasteiger partial charge in [0.25, 0.3) is 5.91 Å². The first-order valence-electron chi connectivity index (χ1n) is 11.2. The van der Waals surface area contributed by atoms with E-state index in [2.05, 4.69) is 22.2 Å². The first kappa shape index (κ1) is 21.0. The van der Waals surface area contributed by atoms with Gasteiger partial charge in [-0.3, -0.25) is 4.79 Å². The molecular formula is C24H29N5O3. The number of amides is 1. The molecule has 5 rings (SSSR count). The average molecular weight is 436 g/mol. The van der Waals surface area contributed by atoms with E-state index in [0.29, 0.717) is 12.5 Å². The van der Waals surface area contributed by atoms with E-state index in [1.165, 1.54) is 25.7 Å². The minimum Gasteiger partial charge on any atom is -0.376 e. The molecule has 2 aromatic rings. The van der Waals surface area contributed by atoms with E-state index in [9.17, 15) is 4.79 Å². The normalized spacial score (nSPS) is 19.3. The molecule has 3 fully saturated rings. The summed E-state index contributed by atoms with van der Waals surface area (Å²) in [6.07, 6.45) is 6.01. The number of anilines is 2. The Balaban J connectivity index is 1.30. The molecule has 1 saturated heterocycles. The molecular weight excluding hydrogens is 406 g/mol. The number of ether oxygens (including phenoxy) is 2. The molecule has 0 N–H and O–H groups in total. The summed E-state index contributed by atoms with van der Waals surface area (Å²) >= 11 is 0. The third kappa shape index (κ3) is 4.50. The van der Waals surface area contributed by atoms with Crippen molar-refractivity contribution in [1.29, 1.82) is 0 Å². The summed E-state index contributed by atoms with van der Waals surface area (Å²) in [5, 5.41) is 8.22. The van der Waals surface area contributed by atoms with Crippen LogP contribution in [-0.4, -0.2) is 61.5 Å². The van der Waals surface area contributed by atoms with Crippen molar-refractivity contribution in [2.45, 2.75) is 38.5 Å². The van der Waals surface area contributed by atoms with Crippen LogP contribution in [0.15, 0.2) is 24.4 Å². The number of hydrogen-bond acceptors (Lipinski definition) is 6. The highest BCUT2D eigenvalue weighted by molar-refractivity contribution is 6.06. The van der Waals surface area contributed by atoms with Crippen LogP contribution in [0, 0.1) is 23.2 Å². The van der Waals surface area contributed by atoms with Gasteiger partial charge < -0.3 is 19.3 Å². The Hall–Kier alpha value is -2.89. The van der Waals surface area contributed by atoms with Crippen molar-refractivity contribution in [1.82, 2.24) is 15.0 Å². The monoisotopic (exact) mass is 435 g/mol. The van der Waals surface area contributed by atoms with E-state index < -0.39 is 0 Å². The van der Waals surface area contributed by atoms with E-state index in [4.69, 9.17) is 9.47 Å². The Kier molecular flexibility index (Phi) is 5.39. The van der Waals surface area contributed by atoms with Gasteiger partial charge in [-0.15, -0.1) is 5.10 Å². The maximum absolute atomic E-state index is 13.2. The topological polar surface area (TPSA) is 72.7 Å². The van der Waals surface area contributed by atoms with Crippen LogP contribution in [-0.2, 0) is 16.0 Å². The zero-order chi connectivity index (χ0) is 22.3. The molecule has 2 heterocycles. The summed E-state index contributed by atoms with van der Waals surface area (Å²) in [5.41, 5.74) is 3.15. The smallest absolute Gasteiger partial charge is 0.280 e. The summed E-state index contributed by atoms with van der Waals surface area (Å²) in [6, 6.07) is 5.96. The second-order valence-corrected chi connectivity index (χ2v) is 9.38. The summed E-state index contributed by atoms with van der Waals surface area (Å²) in [7, 11) is 5.67. The van der Waals surface area contributed by atoms with E-state index in [1.807, 2.05) is 37.2 Å². The molecule has 1 aliphatic heterocycles. The van der Waals surface area contributed by atoms with Crippen molar-refractivity contribution in [2.75, 3.05) is 44.2 Å². The minimum atomic E-state index is -0.356. The Morgan fingerprint density at radius 3 is 2.59 bits per heavy atom. The van der Waals surface area contributed by atoms with Crippen LogP contribution in [0.1, 0.15) is 41.7 Å². The van der Waals surface area contributed by atoms with Gasteiger partial charge in [-0.1, -0.05) is 17.1 Å². The quantitative estimate of drug-likeness (QED) is 0.672. The third-order valence-corrected chi connectivity index (χ3v) is 6.32. The second-order valence-electron chi connectivity index (χ2n) is 9.38. The van der Waals surface area contributed by atoms with Crippen LogP contribution in [0.4, 0.5) is 11.4 Å². The maximum Gasteiger partial charge on any atom is 0.280 e. The number of rotatable bonds is 5. The van der Waals surface area contributed by atoms with Crippen molar-refractivity contribution in [3.05, 3.63) is 35.7 Å². The van der Waals surface area contributed by atoms with Gasteiger partial charge in [0.15, 0.2) is 12.0 Å². The number of benzene rings is 1. The molecule has 168 valence electrons. The Bertz CT molecular complexity index is 1060. The van der Waals surface area contributed by atoms with Crippen LogP contribution in [0.2, 0.25) is 0 Å². The summed E-state index contributed by atoms with van der Waals surface area (Å²) < 4.78 is 13.3. The molecule has 3 aliphatic rings. The largest absolute Gasteiger partial charge is 0.376 e. The van der Waals surface area contributed by atoms with E-state index >= 15 is 0 Å². The van der Waals surface area contributed by atoms with Crippen molar-refractivity contribution < 1.29 is 14.3 Å². The van der Waals surface area contributed by atoms with Gasteiger partial charge in [0.1, 0.15) is 0 Å². The Morgan fingerprint density at radius 2 is 1.94 bits per heavy atom. The highest BCUT2D eigenvalue weighted by atomic mass is 16.7. The first-order valence-corrected chi connectivity index (χ1v) is 11.2. The molecule has 0 radical (unpaired) electrons. The van der Waals surface area contributed by atoms with Gasteiger partial charge >= 0.3 is 0 Å². The van der Waals surface area contributed by atoms with Gasteiger partial charge in [-0.25, -0.2) is 4.68 Å². The SMILES string of the molecule is CN(C)c1ccc(C#CC2CC2)cc1N(C)C(=O)c1cn(CC2OCC3(CC3)CO2)nn1. The minimum absolute atomic E-state index is 0.228.